The minimum absolute atomic E-state index is 0.0106. The highest BCUT2D eigenvalue weighted by Crippen LogP contribution is 2.27. The van der Waals surface area contributed by atoms with E-state index in [1.165, 1.54) is 4.90 Å². The second kappa shape index (κ2) is 11.8. The Hall–Kier alpha value is -4.03. The number of benzene rings is 2. The topological polar surface area (TPSA) is 92.6 Å². The SMILES string of the molecule is CN(Cc1ccccc1)C(=O)c1cnc2cccc(NC3CCN(CC(=O)N4C[C@@H](F)C[C@H]4C#N)CC3)c2c1. The first-order valence-corrected chi connectivity index (χ1v) is 13.4. The molecule has 0 saturated carbocycles. The molecule has 0 bridgehead atoms. The molecule has 5 rings (SSSR count). The fourth-order valence-electron chi connectivity index (χ4n) is 5.46. The molecule has 2 aliphatic rings. The van der Waals surface area contributed by atoms with Crippen molar-refractivity contribution in [1.29, 1.82) is 5.26 Å². The highest BCUT2D eigenvalue weighted by Gasteiger charge is 2.36. The van der Waals surface area contributed by atoms with Crippen molar-refractivity contribution < 1.29 is 14.0 Å². The number of rotatable bonds is 7. The summed E-state index contributed by atoms with van der Waals surface area (Å²) in [5, 5.41) is 13.8. The van der Waals surface area contributed by atoms with Crippen molar-refractivity contribution >= 4 is 28.4 Å². The molecule has 202 valence electrons. The largest absolute Gasteiger partial charge is 0.382 e. The Kier molecular flexibility index (Phi) is 8.03. The summed E-state index contributed by atoms with van der Waals surface area (Å²) in [4.78, 5) is 35.6. The van der Waals surface area contributed by atoms with Crippen LogP contribution >= 0.6 is 0 Å². The van der Waals surface area contributed by atoms with Gasteiger partial charge in [-0.1, -0.05) is 36.4 Å². The number of fused-ring (bicyclic) bond motifs is 1. The molecule has 2 fully saturated rings. The van der Waals surface area contributed by atoms with Crippen LogP contribution in [0.15, 0.2) is 60.8 Å². The van der Waals surface area contributed by atoms with Crippen LogP contribution in [0.1, 0.15) is 35.2 Å². The van der Waals surface area contributed by atoms with Crippen LogP contribution in [0.4, 0.5) is 10.1 Å². The molecule has 0 aliphatic carbocycles. The number of carbonyl (C=O) groups excluding carboxylic acids is 2. The number of hydrogen-bond donors (Lipinski definition) is 1. The Balaban J connectivity index is 1.20. The Morgan fingerprint density at radius 3 is 2.67 bits per heavy atom. The van der Waals surface area contributed by atoms with Gasteiger partial charge in [-0.15, -0.1) is 0 Å². The summed E-state index contributed by atoms with van der Waals surface area (Å²) < 4.78 is 13.7. The number of carbonyl (C=O) groups is 2. The third-order valence-corrected chi connectivity index (χ3v) is 7.61. The molecule has 2 saturated heterocycles. The number of nitriles is 1. The van der Waals surface area contributed by atoms with Crippen LogP contribution in [0.25, 0.3) is 10.9 Å². The Morgan fingerprint density at radius 2 is 1.92 bits per heavy atom. The van der Waals surface area contributed by atoms with Crippen LogP contribution in [0, 0.1) is 11.3 Å². The maximum absolute atomic E-state index is 13.7. The highest BCUT2D eigenvalue weighted by atomic mass is 19.1. The first-order chi connectivity index (χ1) is 18.9. The van der Waals surface area contributed by atoms with E-state index in [2.05, 4.69) is 15.2 Å². The van der Waals surface area contributed by atoms with Crippen molar-refractivity contribution in [2.45, 2.75) is 44.1 Å². The zero-order chi connectivity index (χ0) is 27.4. The lowest BCUT2D eigenvalue weighted by molar-refractivity contribution is -0.132. The number of amides is 2. The predicted octanol–water partition coefficient (Wildman–Crippen LogP) is 3.85. The van der Waals surface area contributed by atoms with Gasteiger partial charge in [-0.25, -0.2) is 4.39 Å². The van der Waals surface area contributed by atoms with Gasteiger partial charge in [-0.3, -0.25) is 19.5 Å². The zero-order valence-corrected chi connectivity index (χ0v) is 22.1. The van der Waals surface area contributed by atoms with E-state index < -0.39 is 12.2 Å². The number of nitrogens with one attached hydrogen (secondary N) is 1. The summed E-state index contributed by atoms with van der Waals surface area (Å²) in [7, 11) is 1.79. The summed E-state index contributed by atoms with van der Waals surface area (Å²) >= 11 is 0. The minimum atomic E-state index is -1.12. The van der Waals surface area contributed by atoms with Gasteiger partial charge in [-0.05, 0) is 36.6 Å². The molecule has 39 heavy (non-hydrogen) atoms. The predicted molar refractivity (Wildman–Crippen MR) is 148 cm³/mol. The van der Waals surface area contributed by atoms with E-state index in [-0.39, 0.29) is 37.4 Å². The number of alkyl halides is 1. The van der Waals surface area contributed by atoms with Crippen LogP contribution < -0.4 is 5.32 Å². The van der Waals surface area contributed by atoms with Gasteiger partial charge in [0.15, 0.2) is 0 Å². The number of anilines is 1. The average Bonchev–Trinajstić information content (AvgIpc) is 3.35. The molecule has 0 radical (unpaired) electrons. The first-order valence-electron chi connectivity index (χ1n) is 13.4. The van der Waals surface area contributed by atoms with E-state index in [0.717, 1.165) is 48.1 Å². The molecule has 1 N–H and O–H groups in total. The van der Waals surface area contributed by atoms with Gasteiger partial charge >= 0.3 is 0 Å². The van der Waals surface area contributed by atoms with Crippen molar-refractivity contribution in [3.05, 3.63) is 71.9 Å². The maximum atomic E-state index is 13.7. The maximum Gasteiger partial charge on any atom is 0.255 e. The number of pyridine rings is 1. The zero-order valence-electron chi connectivity index (χ0n) is 22.1. The lowest BCUT2D eigenvalue weighted by Crippen LogP contribution is -2.46. The monoisotopic (exact) mass is 528 g/mol. The van der Waals surface area contributed by atoms with Gasteiger partial charge in [-0.2, -0.15) is 5.26 Å². The lowest BCUT2D eigenvalue weighted by Gasteiger charge is -2.33. The van der Waals surface area contributed by atoms with Gasteiger partial charge in [0, 0.05) is 56.4 Å². The molecule has 9 heteroatoms. The molecule has 1 aromatic heterocycles. The summed E-state index contributed by atoms with van der Waals surface area (Å²) in [6.07, 6.45) is 2.29. The van der Waals surface area contributed by atoms with Gasteiger partial charge < -0.3 is 15.1 Å². The highest BCUT2D eigenvalue weighted by molar-refractivity contribution is 6.00. The number of nitrogens with zero attached hydrogens (tertiary/aromatic N) is 5. The van der Waals surface area contributed by atoms with Crippen molar-refractivity contribution in [2.75, 3.05) is 38.5 Å². The van der Waals surface area contributed by atoms with Gasteiger partial charge in [0.1, 0.15) is 12.2 Å². The third kappa shape index (κ3) is 6.18. The Morgan fingerprint density at radius 1 is 1.15 bits per heavy atom. The van der Waals surface area contributed by atoms with E-state index in [4.69, 9.17) is 0 Å². The normalized spacial score (nSPS) is 20.1. The fraction of sp³-hybridized carbons (Fsp3) is 0.400. The molecule has 3 aromatic rings. The second-order valence-electron chi connectivity index (χ2n) is 10.5. The molecular weight excluding hydrogens is 495 g/mol. The number of aromatic nitrogens is 1. The third-order valence-electron chi connectivity index (χ3n) is 7.61. The molecule has 8 nitrogen and oxygen atoms in total. The molecule has 2 aromatic carbocycles. The van der Waals surface area contributed by atoms with Crippen LogP contribution in [-0.4, -0.2) is 83.0 Å². The molecule has 0 spiro atoms. The van der Waals surface area contributed by atoms with Crippen LogP contribution in [-0.2, 0) is 11.3 Å². The second-order valence-corrected chi connectivity index (χ2v) is 10.5. The van der Waals surface area contributed by atoms with E-state index in [0.29, 0.717) is 12.1 Å². The average molecular weight is 529 g/mol. The number of piperidine rings is 1. The standard InChI is InChI=1S/C30H33FN6O2/c1-35(18-21-6-3-2-4-7-21)30(39)22-14-26-27(33-17-22)8-5-9-28(26)34-24-10-12-36(13-11-24)20-29(38)37-19-23(31)15-25(37)16-32/h2-9,14,17,23-25,34H,10-13,15,18-20H2,1H3/t23-,25-/m0/s1. The molecule has 2 aliphatic heterocycles. The van der Waals surface area contributed by atoms with Crippen LogP contribution in [0.3, 0.4) is 0 Å². The van der Waals surface area contributed by atoms with E-state index >= 15 is 0 Å². The summed E-state index contributed by atoms with van der Waals surface area (Å²) in [6, 6.07) is 19.3. The van der Waals surface area contributed by atoms with Crippen molar-refractivity contribution in [3.63, 3.8) is 0 Å². The summed E-state index contributed by atoms with van der Waals surface area (Å²) in [5.74, 6) is -0.264. The van der Waals surface area contributed by atoms with Crippen molar-refractivity contribution in [2.24, 2.45) is 0 Å². The van der Waals surface area contributed by atoms with Crippen LogP contribution in [0.5, 0.6) is 0 Å². The molecular formula is C30H33FN6O2. The quantitative estimate of drug-likeness (QED) is 0.501. The van der Waals surface area contributed by atoms with E-state index in [9.17, 15) is 19.2 Å². The minimum Gasteiger partial charge on any atom is -0.382 e. The number of likely N-dealkylation sites (tertiary alicyclic amines) is 2. The molecule has 0 unspecified atom stereocenters. The smallest absolute Gasteiger partial charge is 0.255 e. The van der Waals surface area contributed by atoms with E-state index in [1.54, 1.807) is 18.1 Å². The van der Waals surface area contributed by atoms with Crippen molar-refractivity contribution in [3.8, 4) is 6.07 Å². The lowest BCUT2D eigenvalue weighted by atomic mass is 10.0. The fourth-order valence-corrected chi connectivity index (χ4v) is 5.46. The summed E-state index contributed by atoms with van der Waals surface area (Å²) in [5.41, 5.74) is 3.35. The van der Waals surface area contributed by atoms with Crippen molar-refractivity contribution in [1.82, 2.24) is 19.7 Å². The first kappa shape index (κ1) is 26.6. The van der Waals surface area contributed by atoms with E-state index in [1.807, 2.05) is 60.7 Å². The molecule has 2 atom stereocenters. The number of hydrogen-bond acceptors (Lipinski definition) is 6. The molecule has 3 heterocycles. The van der Waals surface area contributed by atoms with Gasteiger partial charge in [0.25, 0.3) is 5.91 Å². The van der Waals surface area contributed by atoms with Gasteiger partial charge in [0.05, 0.1) is 30.2 Å². The molecule has 2 amide bonds. The summed E-state index contributed by atoms with van der Waals surface area (Å²) in [6.45, 7) is 2.19. The Bertz CT molecular complexity index is 1370. The van der Waals surface area contributed by atoms with Gasteiger partial charge in [0.2, 0.25) is 5.91 Å². The Labute approximate surface area is 228 Å². The van der Waals surface area contributed by atoms with Crippen LogP contribution in [0.2, 0.25) is 0 Å². The number of halogens is 1.